The molecule has 5 rings (SSSR count). The molecule has 2 amide bonds. The van der Waals surface area contributed by atoms with Crippen molar-refractivity contribution >= 4 is 49.6 Å². The number of carbonyl (C=O) groups is 2. The van der Waals surface area contributed by atoms with Gasteiger partial charge in [0.15, 0.2) is 5.13 Å². The monoisotopic (exact) mass is 484 g/mol. The van der Waals surface area contributed by atoms with Crippen LogP contribution in [-0.2, 0) is 22.6 Å². The van der Waals surface area contributed by atoms with Gasteiger partial charge in [0.1, 0.15) is 12.6 Å². The van der Waals surface area contributed by atoms with Crippen molar-refractivity contribution in [2.75, 3.05) is 5.32 Å². The van der Waals surface area contributed by atoms with Crippen LogP contribution in [0.4, 0.5) is 9.93 Å². The van der Waals surface area contributed by atoms with Gasteiger partial charge in [0.2, 0.25) is 5.91 Å². The molecule has 5 aromatic rings. The van der Waals surface area contributed by atoms with Crippen molar-refractivity contribution in [1.82, 2.24) is 15.3 Å². The van der Waals surface area contributed by atoms with E-state index in [1.165, 1.54) is 11.3 Å². The highest BCUT2D eigenvalue weighted by atomic mass is 32.1. The second-order valence-corrected chi connectivity index (χ2v) is 9.33. The first-order chi connectivity index (χ1) is 17.0. The first kappa shape index (κ1) is 22.6. The number of nitrogens with zero attached hydrogens (tertiary/aromatic N) is 1. The molecule has 0 saturated carbocycles. The molecule has 2 heterocycles. The number of aryl methyl sites for hydroxylation is 1. The second-order valence-electron chi connectivity index (χ2n) is 8.30. The minimum absolute atomic E-state index is 0.116. The normalized spacial score (nSPS) is 11.9. The van der Waals surface area contributed by atoms with E-state index in [0.717, 1.165) is 37.8 Å². The van der Waals surface area contributed by atoms with E-state index in [1.807, 2.05) is 85.9 Å². The largest absolute Gasteiger partial charge is 0.445 e. The Kier molecular flexibility index (Phi) is 6.45. The second kappa shape index (κ2) is 9.99. The fourth-order valence-corrected chi connectivity index (χ4v) is 4.88. The summed E-state index contributed by atoms with van der Waals surface area (Å²) < 4.78 is 6.37. The van der Waals surface area contributed by atoms with Gasteiger partial charge in [-0.15, -0.1) is 0 Å². The minimum Gasteiger partial charge on any atom is -0.445 e. The van der Waals surface area contributed by atoms with E-state index in [1.54, 1.807) is 0 Å². The van der Waals surface area contributed by atoms with Gasteiger partial charge in [0, 0.05) is 23.5 Å². The molecule has 3 aromatic carbocycles. The number of thiazole rings is 1. The van der Waals surface area contributed by atoms with E-state index in [4.69, 9.17) is 4.74 Å². The number of hydrogen-bond donors (Lipinski definition) is 3. The summed E-state index contributed by atoms with van der Waals surface area (Å²) in [4.78, 5) is 33.7. The Morgan fingerprint density at radius 1 is 1.06 bits per heavy atom. The van der Waals surface area contributed by atoms with Crippen LogP contribution in [0.1, 0.15) is 16.7 Å². The number of alkyl carbamates (subject to hydrolysis) is 1. The van der Waals surface area contributed by atoms with Gasteiger partial charge in [0.05, 0.1) is 10.2 Å². The number of benzene rings is 3. The number of anilines is 1. The molecule has 3 N–H and O–H groups in total. The molecule has 0 fully saturated rings. The number of aromatic nitrogens is 2. The molecule has 7 nitrogen and oxygen atoms in total. The molecule has 2 aromatic heterocycles. The van der Waals surface area contributed by atoms with Gasteiger partial charge in [-0.05, 0) is 41.8 Å². The van der Waals surface area contributed by atoms with Gasteiger partial charge in [0.25, 0.3) is 0 Å². The van der Waals surface area contributed by atoms with Crippen molar-refractivity contribution in [2.24, 2.45) is 0 Å². The van der Waals surface area contributed by atoms with Crippen molar-refractivity contribution in [1.29, 1.82) is 0 Å². The molecule has 35 heavy (non-hydrogen) atoms. The Balaban J connectivity index is 1.34. The van der Waals surface area contributed by atoms with E-state index in [2.05, 4.69) is 20.6 Å². The molecule has 0 aliphatic carbocycles. The van der Waals surface area contributed by atoms with Crippen LogP contribution in [0, 0.1) is 6.92 Å². The van der Waals surface area contributed by atoms with Crippen molar-refractivity contribution in [2.45, 2.75) is 26.0 Å². The maximum Gasteiger partial charge on any atom is 0.408 e. The number of carbonyl (C=O) groups excluding carboxylic acids is 2. The average Bonchev–Trinajstić information content (AvgIpc) is 3.46. The number of hydrogen-bond acceptors (Lipinski definition) is 5. The lowest BCUT2D eigenvalue weighted by atomic mass is 10.0. The van der Waals surface area contributed by atoms with Crippen molar-refractivity contribution < 1.29 is 14.3 Å². The number of nitrogens with one attached hydrogen (secondary N) is 3. The average molecular weight is 485 g/mol. The van der Waals surface area contributed by atoms with Gasteiger partial charge in [-0.25, -0.2) is 9.78 Å². The topological polar surface area (TPSA) is 96.1 Å². The molecule has 0 unspecified atom stereocenters. The summed E-state index contributed by atoms with van der Waals surface area (Å²) in [6.45, 7) is 2.13. The number of rotatable bonds is 7. The summed E-state index contributed by atoms with van der Waals surface area (Å²) in [7, 11) is 0. The molecule has 0 bridgehead atoms. The van der Waals surface area contributed by atoms with Gasteiger partial charge >= 0.3 is 6.09 Å². The summed E-state index contributed by atoms with van der Waals surface area (Å²) in [5.74, 6) is -0.359. The third-order valence-electron chi connectivity index (χ3n) is 5.69. The summed E-state index contributed by atoms with van der Waals surface area (Å²) in [5, 5.41) is 7.11. The lowest BCUT2D eigenvalue weighted by Crippen LogP contribution is -2.45. The lowest BCUT2D eigenvalue weighted by molar-refractivity contribution is -0.118. The van der Waals surface area contributed by atoms with Gasteiger partial charge in [-0.2, -0.15) is 0 Å². The predicted molar refractivity (Wildman–Crippen MR) is 139 cm³/mol. The maximum atomic E-state index is 13.3. The highest BCUT2D eigenvalue weighted by Gasteiger charge is 2.24. The van der Waals surface area contributed by atoms with Gasteiger partial charge in [-0.3, -0.25) is 4.79 Å². The molecule has 8 heteroatoms. The zero-order valence-corrected chi connectivity index (χ0v) is 19.9. The zero-order valence-electron chi connectivity index (χ0n) is 19.1. The SMILES string of the molecule is Cc1ccc2nc(NC(=O)[C@H](Cc3c[nH]c4ccccc34)NC(=O)OCc3ccccc3)sc2c1. The molecule has 0 saturated heterocycles. The van der Waals surface area contributed by atoms with Crippen LogP contribution in [0.5, 0.6) is 0 Å². The zero-order chi connectivity index (χ0) is 24.2. The Bertz CT molecular complexity index is 1490. The Hall–Kier alpha value is -4.17. The van der Waals surface area contributed by atoms with E-state index >= 15 is 0 Å². The number of para-hydroxylation sites is 1. The number of ether oxygens (including phenoxy) is 1. The minimum atomic E-state index is -0.855. The summed E-state index contributed by atoms with van der Waals surface area (Å²) in [6.07, 6.45) is 1.50. The molecule has 176 valence electrons. The summed E-state index contributed by atoms with van der Waals surface area (Å²) in [5.41, 5.74) is 4.70. The molecule has 0 radical (unpaired) electrons. The van der Waals surface area contributed by atoms with Gasteiger partial charge < -0.3 is 20.4 Å². The molecular weight excluding hydrogens is 460 g/mol. The molecule has 0 spiro atoms. The van der Waals surface area contributed by atoms with Crippen LogP contribution < -0.4 is 10.6 Å². The van der Waals surface area contributed by atoms with Crippen LogP contribution in [-0.4, -0.2) is 28.0 Å². The predicted octanol–water partition coefficient (Wildman–Crippen LogP) is 5.56. The Morgan fingerprint density at radius 2 is 1.86 bits per heavy atom. The van der Waals surface area contributed by atoms with Crippen LogP contribution in [0.15, 0.2) is 79.0 Å². The quantitative estimate of drug-likeness (QED) is 0.282. The van der Waals surface area contributed by atoms with Crippen LogP contribution >= 0.6 is 11.3 Å². The Morgan fingerprint density at radius 3 is 2.71 bits per heavy atom. The van der Waals surface area contributed by atoms with E-state index in [0.29, 0.717) is 11.6 Å². The van der Waals surface area contributed by atoms with Crippen molar-refractivity contribution in [3.8, 4) is 0 Å². The highest BCUT2D eigenvalue weighted by molar-refractivity contribution is 7.22. The lowest BCUT2D eigenvalue weighted by Gasteiger charge is -2.17. The Labute approximate surface area is 206 Å². The van der Waals surface area contributed by atoms with E-state index in [9.17, 15) is 9.59 Å². The first-order valence-corrected chi connectivity index (χ1v) is 12.1. The number of fused-ring (bicyclic) bond motifs is 2. The first-order valence-electron chi connectivity index (χ1n) is 11.3. The summed E-state index contributed by atoms with van der Waals surface area (Å²) in [6, 6.07) is 22.3. The van der Waals surface area contributed by atoms with Gasteiger partial charge in [-0.1, -0.05) is 65.9 Å². The molecule has 0 aliphatic rings. The maximum absolute atomic E-state index is 13.3. The smallest absolute Gasteiger partial charge is 0.408 e. The molecular formula is C27H24N4O3S. The summed E-state index contributed by atoms with van der Waals surface area (Å²) >= 11 is 1.40. The van der Waals surface area contributed by atoms with Crippen LogP contribution in [0.2, 0.25) is 0 Å². The van der Waals surface area contributed by atoms with E-state index < -0.39 is 12.1 Å². The molecule has 1 atom stereocenters. The number of H-pyrrole nitrogens is 1. The highest BCUT2D eigenvalue weighted by Crippen LogP contribution is 2.27. The molecule has 0 aliphatic heterocycles. The fourth-order valence-electron chi connectivity index (χ4n) is 3.91. The fraction of sp³-hybridized carbons (Fsp3) is 0.148. The standard InChI is InChI=1S/C27H24N4O3S/c1-17-11-12-22-24(13-17)35-26(29-22)31-25(32)23(14-19-15-28-21-10-6-5-9-20(19)21)30-27(33)34-16-18-7-3-2-4-8-18/h2-13,15,23,28H,14,16H2,1H3,(H,30,33)(H,29,31,32)/t23-/m0/s1. The third kappa shape index (κ3) is 5.33. The number of amides is 2. The number of aromatic amines is 1. The van der Waals surface area contributed by atoms with E-state index in [-0.39, 0.29) is 12.5 Å². The van der Waals surface area contributed by atoms with Crippen molar-refractivity contribution in [3.05, 3.63) is 95.7 Å². The van der Waals surface area contributed by atoms with Crippen LogP contribution in [0.3, 0.4) is 0 Å². The third-order valence-corrected chi connectivity index (χ3v) is 6.63. The van der Waals surface area contributed by atoms with Crippen molar-refractivity contribution in [3.63, 3.8) is 0 Å². The van der Waals surface area contributed by atoms with Crippen LogP contribution in [0.25, 0.3) is 21.1 Å².